The molecule has 0 heterocycles. The normalized spacial score (nSPS) is 11.8. The Morgan fingerprint density at radius 2 is 1.86 bits per heavy atom. The minimum atomic E-state index is -0.638. The molecule has 2 rings (SSSR count). The smallest absolute Gasteiger partial charge is 0.262 e. The van der Waals surface area contributed by atoms with Gasteiger partial charge in [-0.25, -0.2) is 0 Å². The number of aryl methyl sites for hydroxylation is 1. The lowest BCUT2D eigenvalue weighted by atomic mass is 10.1. The van der Waals surface area contributed by atoms with Crippen molar-refractivity contribution in [3.63, 3.8) is 0 Å². The van der Waals surface area contributed by atoms with E-state index in [0.29, 0.717) is 11.3 Å². The number of anilines is 1. The molecule has 110 valence electrons. The van der Waals surface area contributed by atoms with Crippen LogP contribution in [0, 0.1) is 6.92 Å². The molecule has 0 aromatic heterocycles. The van der Waals surface area contributed by atoms with Gasteiger partial charge >= 0.3 is 0 Å². The molecular formula is C17H19NO3. The standard InChI is InChI=1S/C17H19NO3/c1-12-7-3-5-9-15(12)18-17(20)11-21-16-10-6-4-8-14(16)13(2)19/h3-10,13,19H,11H2,1-2H3,(H,18,20). The Balaban J connectivity index is 1.97. The first kappa shape index (κ1) is 15.1. The van der Waals surface area contributed by atoms with Crippen molar-refractivity contribution in [2.24, 2.45) is 0 Å². The molecule has 21 heavy (non-hydrogen) atoms. The summed E-state index contributed by atoms with van der Waals surface area (Å²) in [6.07, 6.45) is -0.638. The quantitative estimate of drug-likeness (QED) is 0.887. The van der Waals surface area contributed by atoms with Crippen LogP contribution in [0.4, 0.5) is 5.69 Å². The number of carbonyl (C=O) groups excluding carboxylic acids is 1. The van der Waals surface area contributed by atoms with E-state index in [1.165, 1.54) is 0 Å². The topological polar surface area (TPSA) is 58.6 Å². The summed E-state index contributed by atoms with van der Waals surface area (Å²) in [5, 5.41) is 12.5. The maximum atomic E-state index is 11.9. The van der Waals surface area contributed by atoms with Crippen molar-refractivity contribution in [3.8, 4) is 5.75 Å². The second-order valence-electron chi connectivity index (χ2n) is 4.87. The van der Waals surface area contributed by atoms with Crippen molar-refractivity contribution in [3.05, 3.63) is 59.7 Å². The van der Waals surface area contributed by atoms with E-state index in [1.54, 1.807) is 25.1 Å². The largest absolute Gasteiger partial charge is 0.483 e. The van der Waals surface area contributed by atoms with E-state index in [9.17, 15) is 9.90 Å². The van der Waals surface area contributed by atoms with Crippen LogP contribution in [0.1, 0.15) is 24.2 Å². The highest BCUT2D eigenvalue weighted by molar-refractivity contribution is 5.92. The zero-order valence-corrected chi connectivity index (χ0v) is 12.2. The molecule has 0 saturated heterocycles. The van der Waals surface area contributed by atoms with Crippen molar-refractivity contribution in [1.29, 1.82) is 0 Å². The molecule has 4 heteroatoms. The van der Waals surface area contributed by atoms with Crippen LogP contribution in [0.5, 0.6) is 5.75 Å². The van der Waals surface area contributed by atoms with E-state index < -0.39 is 6.10 Å². The highest BCUT2D eigenvalue weighted by Gasteiger charge is 2.10. The number of hydrogen-bond donors (Lipinski definition) is 2. The average Bonchev–Trinajstić information content (AvgIpc) is 2.48. The third kappa shape index (κ3) is 4.07. The molecule has 0 radical (unpaired) electrons. The van der Waals surface area contributed by atoms with Gasteiger partial charge in [-0.3, -0.25) is 4.79 Å². The molecular weight excluding hydrogens is 266 g/mol. The number of nitrogens with one attached hydrogen (secondary N) is 1. The van der Waals surface area contributed by atoms with Gasteiger partial charge in [0.15, 0.2) is 6.61 Å². The molecule has 0 aliphatic carbocycles. The number of benzene rings is 2. The number of ether oxygens (including phenoxy) is 1. The first-order valence-corrected chi connectivity index (χ1v) is 6.83. The summed E-state index contributed by atoms with van der Waals surface area (Å²) >= 11 is 0. The van der Waals surface area contributed by atoms with Gasteiger partial charge in [0.2, 0.25) is 0 Å². The van der Waals surface area contributed by atoms with Crippen LogP contribution < -0.4 is 10.1 Å². The lowest BCUT2D eigenvalue weighted by Crippen LogP contribution is -2.21. The Hall–Kier alpha value is -2.33. The summed E-state index contributed by atoms with van der Waals surface area (Å²) in [5.41, 5.74) is 2.44. The summed E-state index contributed by atoms with van der Waals surface area (Å²) < 4.78 is 5.50. The molecule has 1 atom stereocenters. The van der Waals surface area contributed by atoms with Gasteiger partial charge in [-0.1, -0.05) is 36.4 Å². The van der Waals surface area contributed by atoms with Gasteiger partial charge in [0.25, 0.3) is 5.91 Å². The van der Waals surface area contributed by atoms with E-state index >= 15 is 0 Å². The Bertz CT molecular complexity index is 623. The average molecular weight is 285 g/mol. The summed E-state index contributed by atoms with van der Waals surface area (Å²) in [4.78, 5) is 11.9. The number of aliphatic hydroxyl groups excluding tert-OH is 1. The second kappa shape index (κ2) is 6.90. The van der Waals surface area contributed by atoms with E-state index in [4.69, 9.17) is 4.74 Å². The highest BCUT2D eigenvalue weighted by atomic mass is 16.5. The highest BCUT2D eigenvalue weighted by Crippen LogP contribution is 2.24. The van der Waals surface area contributed by atoms with Gasteiger partial charge in [0.05, 0.1) is 6.10 Å². The zero-order valence-electron chi connectivity index (χ0n) is 12.2. The van der Waals surface area contributed by atoms with Crippen molar-refractivity contribution in [1.82, 2.24) is 0 Å². The third-order valence-electron chi connectivity index (χ3n) is 3.15. The number of hydrogen-bond acceptors (Lipinski definition) is 3. The number of carbonyl (C=O) groups is 1. The molecule has 4 nitrogen and oxygen atoms in total. The fraction of sp³-hybridized carbons (Fsp3) is 0.235. The lowest BCUT2D eigenvalue weighted by Gasteiger charge is -2.13. The Morgan fingerprint density at radius 3 is 2.57 bits per heavy atom. The molecule has 1 unspecified atom stereocenters. The summed E-state index contributed by atoms with van der Waals surface area (Å²) in [6, 6.07) is 14.7. The summed E-state index contributed by atoms with van der Waals surface area (Å²) in [6.45, 7) is 3.49. The van der Waals surface area contributed by atoms with Gasteiger partial charge in [-0.2, -0.15) is 0 Å². The van der Waals surface area contributed by atoms with Crippen molar-refractivity contribution < 1.29 is 14.6 Å². The zero-order chi connectivity index (χ0) is 15.2. The van der Waals surface area contributed by atoms with E-state index in [1.807, 2.05) is 37.3 Å². The molecule has 0 aliphatic rings. The maximum absolute atomic E-state index is 11.9. The lowest BCUT2D eigenvalue weighted by molar-refractivity contribution is -0.118. The van der Waals surface area contributed by atoms with Crippen LogP contribution in [0.25, 0.3) is 0 Å². The summed E-state index contributed by atoms with van der Waals surface area (Å²) in [7, 11) is 0. The fourth-order valence-electron chi connectivity index (χ4n) is 2.00. The SMILES string of the molecule is Cc1ccccc1NC(=O)COc1ccccc1C(C)O. The maximum Gasteiger partial charge on any atom is 0.262 e. The van der Waals surface area contributed by atoms with Crippen molar-refractivity contribution in [2.75, 3.05) is 11.9 Å². The van der Waals surface area contributed by atoms with Crippen LogP contribution in [0.2, 0.25) is 0 Å². The second-order valence-corrected chi connectivity index (χ2v) is 4.87. The minimum absolute atomic E-state index is 0.0991. The van der Waals surface area contributed by atoms with E-state index in [0.717, 1.165) is 11.3 Å². The molecule has 2 aromatic carbocycles. The minimum Gasteiger partial charge on any atom is -0.483 e. The molecule has 1 amide bonds. The predicted octanol–water partition coefficient (Wildman–Crippen LogP) is 3.07. The number of amides is 1. The number of para-hydroxylation sites is 2. The van der Waals surface area contributed by atoms with Crippen LogP contribution >= 0.6 is 0 Å². The molecule has 2 aromatic rings. The van der Waals surface area contributed by atoms with Crippen LogP contribution in [-0.2, 0) is 4.79 Å². The molecule has 0 saturated carbocycles. The first-order chi connectivity index (χ1) is 10.1. The molecule has 0 fully saturated rings. The first-order valence-electron chi connectivity index (χ1n) is 6.83. The monoisotopic (exact) mass is 285 g/mol. The van der Waals surface area contributed by atoms with E-state index in [2.05, 4.69) is 5.32 Å². The van der Waals surface area contributed by atoms with Gasteiger partial charge in [0.1, 0.15) is 5.75 Å². The Kier molecular flexibility index (Phi) is 4.95. The van der Waals surface area contributed by atoms with Crippen LogP contribution in [-0.4, -0.2) is 17.6 Å². The van der Waals surface area contributed by atoms with Gasteiger partial charge < -0.3 is 15.2 Å². The van der Waals surface area contributed by atoms with E-state index in [-0.39, 0.29) is 12.5 Å². The fourth-order valence-corrected chi connectivity index (χ4v) is 2.00. The van der Waals surface area contributed by atoms with Crippen LogP contribution in [0.15, 0.2) is 48.5 Å². The molecule has 0 bridgehead atoms. The van der Waals surface area contributed by atoms with Crippen molar-refractivity contribution >= 4 is 11.6 Å². The molecule has 2 N–H and O–H groups in total. The molecule has 0 aliphatic heterocycles. The number of rotatable bonds is 5. The van der Waals surface area contributed by atoms with Crippen LogP contribution in [0.3, 0.4) is 0 Å². The van der Waals surface area contributed by atoms with Crippen molar-refractivity contribution in [2.45, 2.75) is 20.0 Å². The summed E-state index contributed by atoms with van der Waals surface area (Å²) in [5.74, 6) is 0.289. The van der Waals surface area contributed by atoms with Gasteiger partial charge in [-0.15, -0.1) is 0 Å². The van der Waals surface area contributed by atoms with Gasteiger partial charge in [-0.05, 0) is 31.5 Å². The molecule has 0 spiro atoms. The third-order valence-corrected chi connectivity index (χ3v) is 3.15. The van der Waals surface area contributed by atoms with Gasteiger partial charge in [0, 0.05) is 11.3 Å². The predicted molar refractivity (Wildman–Crippen MR) is 82.4 cm³/mol. The number of aliphatic hydroxyl groups is 1. The Morgan fingerprint density at radius 1 is 1.19 bits per heavy atom. The Labute approximate surface area is 124 Å².